The van der Waals surface area contributed by atoms with Crippen LogP contribution in [0.5, 0.6) is 17.4 Å². The lowest BCUT2D eigenvalue weighted by Gasteiger charge is -2.10. The van der Waals surface area contributed by atoms with Gasteiger partial charge in [-0.1, -0.05) is 30.3 Å². The fourth-order valence-corrected chi connectivity index (χ4v) is 3.59. The minimum atomic E-state index is 0.199. The third-order valence-electron chi connectivity index (χ3n) is 5.14. The number of anilines is 1. The third kappa shape index (κ3) is 3.94. The number of pyridine rings is 1. The molecule has 5 nitrogen and oxygen atoms in total. The first-order valence-corrected chi connectivity index (χ1v) is 10.1. The Labute approximate surface area is 180 Å². The van der Waals surface area contributed by atoms with Crippen LogP contribution in [0.3, 0.4) is 0 Å². The summed E-state index contributed by atoms with van der Waals surface area (Å²) in [6.07, 6.45) is 5.49. The molecule has 5 aromatic rings. The van der Waals surface area contributed by atoms with Crippen molar-refractivity contribution in [2.75, 3.05) is 5.32 Å². The third-order valence-corrected chi connectivity index (χ3v) is 5.14. The van der Waals surface area contributed by atoms with E-state index in [0.717, 1.165) is 39.2 Å². The summed E-state index contributed by atoms with van der Waals surface area (Å²) in [7, 11) is 0. The monoisotopic (exact) mass is 407 g/mol. The van der Waals surface area contributed by atoms with E-state index >= 15 is 0 Å². The van der Waals surface area contributed by atoms with E-state index in [2.05, 4.69) is 10.3 Å². The number of rotatable bonds is 6. The van der Waals surface area contributed by atoms with Crippen LogP contribution >= 0.6 is 0 Å². The summed E-state index contributed by atoms with van der Waals surface area (Å²) < 4.78 is 7.65. The fourth-order valence-electron chi connectivity index (χ4n) is 3.59. The van der Waals surface area contributed by atoms with Gasteiger partial charge >= 0.3 is 0 Å². The minimum Gasteiger partial charge on any atom is -0.494 e. The summed E-state index contributed by atoms with van der Waals surface area (Å²) in [6.45, 7) is 0.651. The van der Waals surface area contributed by atoms with Gasteiger partial charge in [0.25, 0.3) is 0 Å². The van der Waals surface area contributed by atoms with Crippen molar-refractivity contribution in [2.45, 2.75) is 6.54 Å². The standard InChI is InChI=1S/C26H21N3O2/c30-26-25-20(5-4-8-24(25)28-17-19-13-15-27-16-14-19)18-29(26)21-9-11-23(12-10-21)31-22-6-2-1-3-7-22/h1-16,18,28,30H,17H2. The summed E-state index contributed by atoms with van der Waals surface area (Å²) >= 11 is 0. The van der Waals surface area contributed by atoms with Crippen LogP contribution in [0.25, 0.3) is 16.5 Å². The maximum Gasteiger partial charge on any atom is 0.205 e. The molecular weight excluding hydrogens is 386 g/mol. The van der Waals surface area contributed by atoms with Crippen LogP contribution in [0.15, 0.2) is 104 Å². The van der Waals surface area contributed by atoms with Gasteiger partial charge in [0.2, 0.25) is 5.88 Å². The molecule has 0 aliphatic heterocycles. The van der Waals surface area contributed by atoms with Gasteiger partial charge in [0, 0.05) is 41.9 Å². The molecule has 152 valence electrons. The van der Waals surface area contributed by atoms with Gasteiger partial charge in [-0.25, -0.2) is 0 Å². The molecule has 0 saturated carbocycles. The summed E-state index contributed by atoms with van der Waals surface area (Å²) in [4.78, 5) is 4.05. The van der Waals surface area contributed by atoms with Gasteiger partial charge in [-0.3, -0.25) is 9.55 Å². The van der Waals surface area contributed by atoms with Gasteiger partial charge in [0.05, 0.1) is 5.39 Å². The molecule has 31 heavy (non-hydrogen) atoms. The van der Waals surface area contributed by atoms with Crippen LogP contribution in [0.1, 0.15) is 5.56 Å². The van der Waals surface area contributed by atoms with E-state index in [9.17, 15) is 5.11 Å². The van der Waals surface area contributed by atoms with E-state index in [4.69, 9.17) is 4.74 Å². The number of para-hydroxylation sites is 1. The molecule has 0 saturated heterocycles. The van der Waals surface area contributed by atoms with Crippen LogP contribution in [-0.2, 0) is 6.54 Å². The van der Waals surface area contributed by atoms with Gasteiger partial charge in [0.1, 0.15) is 11.5 Å². The average molecular weight is 407 g/mol. The summed E-state index contributed by atoms with van der Waals surface area (Å²) in [5.74, 6) is 1.73. The van der Waals surface area contributed by atoms with E-state index in [1.54, 1.807) is 17.0 Å². The van der Waals surface area contributed by atoms with Crippen molar-refractivity contribution in [2.24, 2.45) is 0 Å². The second kappa shape index (κ2) is 8.24. The second-order valence-electron chi connectivity index (χ2n) is 7.21. The molecule has 2 aromatic heterocycles. The number of ether oxygens (including phenoxy) is 1. The number of aromatic nitrogens is 2. The molecule has 0 fully saturated rings. The first-order valence-electron chi connectivity index (χ1n) is 10.1. The molecule has 0 atom stereocenters. The van der Waals surface area contributed by atoms with Gasteiger partial charge in [-0.05, 0) is 60.2 Å². The van der Waals surface area contributed by atoms with Crippen LogP contribution in [0.4, 0.5) is 5.69 Å². The first kappa shape index (κ1) is 18.8. The Hall–Kier alpha value is -4.25. The van der Waals surface area contributed by atoms with Gasteiger partial charge < -0.3 is 15.2 Å². The van der Waals surface area contributed by atoms with Gasteiger partial charge in [-0.15, -0.1) is 0 Å². The zero-order chi connectivity index (χ0) is 21.0. The molecule has 3 aromatic carbocycles. The number of fused-ring (bicyclic) bond motifs is 1. The molecule has 0 amide bonds. The van der Waals surface area contributed by atoms with Crippen molar-refractivity contribution in [3.05, 3.63) is 109 Å². The Morgan fingerprint density at radius 1 is 0.806 bits per heavy atom. The van der Waals surface area contributed by atoms with Crippen molar-refractivity contribution in [3.63, 3.8) is 0 Å². The minimum absolute atomic E-state index is 0.199. The van der Waals surface area contributed by atoms with E-state index in [1.807, 2.05) is 91.1 Å². The molecule has 0 radical (unpaired) electrons. The summed E-state index contributed by atoms with van der Waals surface area (Å²) in [5, 5.41) is 16.2. The number of nitrogens with one attached hydrogen (secondary N) is 1. The van der Waals surface area contributed by atoms with E-state index in [1.165, 1.54) is 0 Å². The fraction of sp³-hybridized carbons (Fsp3) is 0.0385. The zero-order valence-corrected chi connectivity index (χ0v) is 16.8. The average Bonchev–Trinajstić information content (AvgIpc) is 3.17. The molecule has 0 spiro atoms. The van der Waals surface area contributed by atoms with Crippen molar-refractivity contribution >= 4 is 16.5 Å². The Bertz CT molecular complexity index is 1300. The van der Waals surface area contributed by atoms with Crippen molar-refractivity contribution in [1.29, 1.82) is 0 Å². The van der Waals surface area contributed by atoms with Crippen molar-refractivity contribution in [3.8, 4) is 23.1 Å². The number of benzene rings is 3. The Balaban J connectivity index is 1.42. The molecule has 0 aliphatic rings. The SMILES string of the molecule is Oc1c2c(NCc3ccncc3)cccc2cn1-c1ccc(Oc2ccccc2)cc1. The molecule has 0 unspecified atom stereocenters. The Kier molecular flexibility index (Phi) is 4.99. The predicted octanol–water partition coefficient (Wildman–Crippen LogP) is 6.14. The summed E-state index contributed by atoms with van der Waals surface area (Å²) in [5.41, 5.74) is 2.86. The van der Waals surface area contributed by atoms with Crippen LogP contribution in [0, 0.1) is 0 Å². The Morgan fingerprint density at radius 2 is 1.55 bits per heavy atom. The normalized spacial score (nSPS) is 10.8. The van der Waals surface area contributed by atoms with Crippen molar-refractivity contribution in [1.82, 2.24) is 9.55 Å². The number of hydrogen-bond acceptors (Lipinski definition) is 4. The highest BCUT2D eigenvalue weighted by Crippen LogP contribution is 2.36. The highest BCUT2D eigenvalue weighted by molar-refractivity contribution is 5.99. The quantitative estimate of drug-likeness (QED) is 0.355. The largest absolute Gasteiger partial charge is 0.494 e. The first-order chi connectivity index (χ1) is 15.3. The second-order valence-corrected chi connectivity index (χ2v) is 7.21. The maximum atomic E-state index is 11.0. The molecule has 0 aliphatic carbocycles. The molecule has 5 heteroatoms. The van der Waals surface area contributed by atoms with Crippen LogP contribution < -0.4 is 10.1 Å². The maximum absolute atomic E-state index is 11.0. The topological polar surface area (TPSA) is 59.3 Å². The van der Waals surface area contributed by atoms with Crippen LogP contribution in [-0.4, -0.2) is 14.7 Å². The lowest BCUT2D eigenvalue weighted by Crippen LogP contribution is -1.99. The molecular formula is C26H21N3O2. The smallest absolute Gasteiger partial charge is 0.205 e. The lowest BCUT2D eigenvalue weighted by molar-refractivity contribution is 0.448. The summed E-state index contributed by atoms with van der Waals surface area (Å²) in [6, 6.07) is 27.2. The molecule has 2 N–H and O–H groups in total. The van der Waals surface area contributed by atoms with E-state index in [-0.39, 0.29) is 5.88 Å². The van der Waals surface area contributed by atoms with E-state index < -0.39 is 0 Å². The Morgan fingerprint density at radius 3 is 2.32 bits per heavy atom. The zero-order valence-electron chi connectivity index (χ0n) is 16.8. The predicted molar refractivity (Wildman–Crippen MR) is 123 cm³/mol. The number of nitrogens with zero attached hydrogens (tertiary/aromatic N) is 2. The van der Waals surface area contributed by atoms with Gasteiger partial charge in [0.15, 0.2) is 0 Å². The van der Waals surface area contributed by atoms with Crippen LogP contribution in [0.2, 0.25) is 0 Å². The highest BCUT2D eigenvalue weighted by atomic mass is 16.5. The lowest BCUT2D eigenvalue weighted by atomic mass is 10.1. The van der Waals surface area contributed by atoms with Crippen molar-refractivity contribution < 1.29 is 9.84 Å². The molecule has 5 rings (SSSR count). The number of hydrogen-bond donors (Lipinski definition) is 2. The van der Waals surface area contributed by atoms with E-state index in [0.29, 0.717) is 6.54 Å². The number of aromatic hydroxyl groups is 1. The van der Waals surface area contributed by atoms with Gasteiger partial charge in [-0.2, -0.15) is 0 Å². The molecule has 2 heterocycles. The highest BCUT2D eigenvalue weighted by Gasteiger charge is 2.13. The molecule has 0 bridgehead atoms.